The number of halogens is 3. The first-order valence-corrected chi connectivity index (χ1v) is 6.70. The Morgan fingerprint density at radius 2 is 1.00 bits per heavy atom. The Morgan fingerprint density at radius 3 is 1.25 bits per heavy atom. The maximum Gasteiger partial charge on any atom is 0.333 e. The molecule has 0 heterocycles. The van der Waals surface area contributed by atoms with E-state index in [-0.39, 0.29) is 0 Å². The molecule has 0 atom stereocenters. The van der Waals surface area contributed by atoms with Crippen LogP contribution < -0.4 is 0 Å². The molecule has 3 nitrogen and oxygen atoms in total. The Labute approximate surface area is 112 Å². The third kappa shape index (κ3) is 10.9. The number of rotatable bonds is 9. The van der Waals surface area contributed by atoms with E-state index in [0.29, 0.717) is 19.8 Å². The number of hydrogen-bond donors (Lipinski definition) is 0. The van der Waals surface area contributed by atoms with Crippen LogP contribution in [0.5, 0.6) is 0 Å². The minimum atomic E-state index is -1.43. The summed E-state index contributed by atoms with van der Waals surface area (Å²) in [6.07, 6.45) is 4.91. The van der Waals surface area contributed by atoms with E-state index < -0.39 is 8.60 Å². The van der Waals surface area contributed by atoms with Crippen molar-refractivity contribution in [2.75, 3.05) is 19.8 Å². The predicted octanol–water partition coefficient (Wildman–Crippen LogP) is 4.52. The molecule has 0 rings (SSSR count). The second kappa shape index (κ2) is 13.5. The third-order valence-electron chi connectivity index (χ3n) is 1.10. The van der Waals surface area contributed by atoms with E-state index in [2.05, 4.69) is 0 Å². The highest BCUT2D eigenvalue weighted by Gasteiger charge is 2.09. The van der Waals surface area contributed by atoms with Gasteiger partial charge in [0.15, 0.2) is 0 Å². The molecule has 0 N–H and O–H groups in total. The van der Waals surface area contributed by atoms with Gasteiger partial charge in [-0.15, -0.1) is 0 Å². The molecule has 0 aliphatic rings. The molecule has 16 heavy (non-hydrogen) atoms. The molecule has 0 aliphatic carbocycles. The van der Waals surface area contributed by atoms with Gasteiger partial charge in [0.2, 0.25) is 0 Å². The van der Waals surface area contributed by atoms with Crippen LogP contribution >= 0.6 is 43.4 Å². The molecular weight excluding hydrogens is 293 g/mol. The molecule has 92 valence electrons. The lowest BCUT2D eigenvalue weighted by Crippen LogP contribution is -1.96. The van der Waals surface area contributed by atoms with Gasteiger partial charge in [-0.3, -0.25) is 0 Å². The van der Waals surface area contributed by atoms with Gasteiger partial charge in [0.1, 0.15) is 0 Å². The fourth-order valence-electron chi connectivity index (χ4n) is 0.533. The predicted molar refractivity (Wildman–Crippen MR) is 69.8 cm³/mol. The van der Waals surface area contributed by atoms with Crippen molar-refractivity contribution in [3.63, 3.8) is 0 Å². The second-order valence-corrected chi connectivity index (χ2v) is 4.17. The van der Waals surface area contributed by atoms with Crippen molar-refractivity contribution < 1.29 is 13.6 Å². The summed E-state index contributed by atoms with van der Waals surface area (Å²) in [4.78, 5) is 0. The first kappa shape index (κ1) is 16.4. The molecule has 0 aromatic heterocycles. The average Bonchev–Trinajstić information content (AvgIpc) is 2.29. The van der Waals surface area contributed by atoms with Gasteiger partial charge in [0.05, 0.1) is 19.8 Å². The molecule has 0 fully saturated rings. The summed E-state index contributed by atoms with van der Waals surface area (Å²) >= 11 is 16.0. The highest BCUT2D eigenvalue weighted by molar-refractivity contribution is 7.41. The van der Waals surface area contributed by atoms with Gasteiger partial charge < -0.3 is 13.6 Å². The third-order valence-corrected chi connectivity index (χ3v) is 2.71. The van der Waals surface area contributed by atoms with Crippen LogP contribution in [0, 0.1) is 0 Å². The lowest BCUT2D eigenvalue weighted by atomic mass is 10.7. The normalized spacial score (nSPS) is 12.8. The highest BCUT2D eigenvalue weighted by Crippen LogP contribution is 2.39. The summed E-state index contributed by atoms with van der Waals surface area (Å²) in [6.45, 7) is 0.971. The summed E-state index contributed by atoms with van der Waals surface area (Å²) in [5.41, 5.74) is 4.10. The van der Waals surface area contributed by atoms with Crippen molar-refractivity contribution in [2.45, 2.75) is 0 Å². The maximum atomic E-state index is 5.35. The summed E-state index contributed by atoms with van der Waals surface area (Å²) in [6, 6.07) is 0. The van der Waals surface area contributed by atoms with Crippen LogP contribution in [0.1, 0.15) is 0 Å². The SMILES string of the molecule is Cl/C=C/COP(OC/C=C/Cl)OC/C=C/Cl. The lowest BCUT2D eigenvalue weighted by molar-refractivity contribution is 0.194. The van der Waals surface area contributed by atoms with Gasteiger partial charge in [-0.05, 0) is 18.2 Å². The van der Waals surface area contributed by atoms with Crippen LogP contribution in [0.15, 0.2) is 34.8 Å². The molecule has 0 aromatic rings. The molecule has 0 spiro atoms. The van der Waals surface area contributed by atoms with Crippen LogP contribution in [0.4, 0.5) is 0 Å². The summed E-state index contributed by atoms with van der Waals surface area (Å²) in [7, 11) is -1.43. The molecule has 7 heteroatoms. The van der Waals surface area contributed by atoms with Gasteiger partial charge >= 0.3 is 8.60 Å². The van der Waals surface area contributed by atoms with E-state index in [1.54, 1.807) is 18.2 Å². The molecule has 0 aromatic carbocycles. The van der Waals surface area contributed by atoms with Crippen LogP contribution in [0.25, 0.3) is 0 Å². The van der Waals surface area contributed by atoms with E-state index >= 15 is 0 Å². The molecular formula is C9H12Cl3O3P. The van der Waals surface area contributed by atoms with Crippen LogP contribution in [0.2, 0.25) is 0 Å². The zero-order chi connectivity index (χ0) is 12.1. The zero-order valence-corrected chi connectivity index (χ0v) is 11.6. The van der Waals surface area contributed by atoms with E-state index in [0.717, 1.165) is 0 Å². The lowest BCUT2D eigenvalue weighted by Gasteiger charge is -2.13. The minimum Gasteiger partial charge on any atom is -0.308 e. The quantitative estimate of drug-likeness (QED) is 0.586. The van der Waals surface area contributed by atoms with Gasteiger partial charge in [0.25, 0.3) is 0 Å². The minimum absolute atomic E-state index is 0.324. The second-order valence-electron chi connectivity index (χ2n) is 2.20. The summed E-state index contributed by atoms with van der Waals surface area (Å²) < 4.78 is 15.8. The van der Waals surface area contributed by atoms with Gasteiger partial charge in [-0.2, -0.15) is 0 Å². The van der Waals surface area contributed by atoms with Crippen molar-refractivity contribution >= 4 is 43.4 Å². The Kier molecular flexibility index (Phi) is 13.8. The van der Waals surface area contributed by atoms with Crippen LogP contribution in [-0.2, 0) is 13.6 Å². The Balaban J connectivity index is 3.84. The van der Waals surface area contributed by atoms with E-state index in [1.165, 1.54) is 16.6 Å². The van der Waals surface area contributed by atoms with Crippen molar-refractivity contribution in [2.24, 2.45) is 0 Å². The van der Waals surface area contributed by atoms with Gasteiger partial charge in [0, 0.05) is 16.6 Å². The zero-order valence-electron chi connectivity index (χ0n) is 8.39. The van der Waals surface area contributed by atoms with Crippen molar-refractivity contribution in [1.29, 1.82) is 0 Å². The standard InChI is InChI=1S/C9H12Cl3O3P/c10-4-1-7-13-16(14-8-2-5-11)15-9-3-6-12/h1-6H,7-9H2/b4-1+,5-2+,6-3+. The Bertz CT molecular complexity index is 196. The monoisotopic (exact) mass is 304 g/mol. The molecule has 0 bridgehead atoms. The van der Waals surface area contributed by atoms with Gasteiger partial charge in [-0.1, -0.05) is 34.8 Å². The van der Waals surface area contributed by atoms with E-state index in [4.69, 9.17) is 48.4 Å². The first-order chi connectivity index (χ1) is 7.85. The van der Waals surface area contributed by atoms with Crippen LogP contribution in [0.3, 0.4) is 0 Å². The topological polar surface area (TPSA) is 27.7 Å². The largest absolute Gasteiger partial charge is 0.333 e. The van der Waals surface area contributed by atoms with Crippen LogP contribution in [-0.4, -0.2) is 19.8 Å². The summed E-state index contributed by atoms with van der Waals surface area (Å²) in [5.74, 6) is 0. The molecule has 0 amide bonds. The Hall–Kier alpha value is 0.400. The van der Waals surface area contributed by atoms with Crippen molar-refractivity contribution in [3.05, 3.63) is 34.8 Å². The average molecular weight is 306 g/mol. The number of hydrogen-bond acceptors (Lipinski definition) is 3. The molecule has 0 aliphatic heterocycles. The summed E-state index contributed by atoms with van der Waals surface area (Å²) in [5, 5.41) is 0. The van der Waals surface area contributed by atoms with Gasteiger partial charge in [-0.25, -0.2) is 0 Å². The van der Waals surface area contributed by atoms with Crippen molar-refractivity contribution in [1.82, 2.24) is 0 Å². The maximum absolute atomic E-state index is 5.35. The smallest absolute Gasteiger partial charge is 0.308 e. The Morgan fingerprint density at radius 1 is 0.688 bits per heavy atom. The van der Waals surface area contributed by atoms with E-state index in [9.17, 15) is 0 Å². The molecule has 0 saturated heterocycles. The molecule has 0 unspecified atom stereocenters. The fourth-order valence-corrected chi connectivity index (χ4v) is 1.60. The molecule has 0 radical (unpaired) electrons. The van der Waals surface area contributed by atoms with E-state index in [1.807, 2.05) is 0 Å². The van der Waals surface area contributed by atoms with Crippen molar-refractivity contribution in [3.8, 4) is 0 Å². The highest BCUT2D eigenvalue weighted by atomic mass is 35.5. The fraction of sp³-hybridized carbons (Fsp3) is 0.333. The first-order valence-electron chi connectivity index (χ1n) is 4.29. The molecule has 0 saturated carbocycles.